The maximum atomic E-state index is 8.12. The number of fused-ring (bicyclic) bond motifs is 1. The molecular weight excluding hydrogens is 178 g/mol. The average Bonchev–Trinajstić information content (AvgIpc) is 2.45. The van der Waals surface area contributed by atoms with Gasteiger partial charge in [-0.25, -0.2) is 0 Å². The summed E-state index contributed by atoms with van der Waals surface area (Å²) in [5.41, 5.74) is 2.62. The molecule has 0 saturated heterocycles. The highest BCUT2D eigenvalue weighted by Crippen LogP contribution is 2.16. The summed E-state index contributed by atoms with van der Waals surface area (Å²) in [6.07, 6.45) is 0.250. The number of aromatic nitrogens is 1. The molecule has 0 amide bonds. The first-order valence-electron chi connectivity index (χ1n) is 4.21. The van der Waals surface area contributed by atoms with Crippen LogP contribution in [0.4, 0.5) is 0 Å². The third-order valence-corrected chi connectivity index (χ3v) is 2.19. The lowest BCUT2D eigenvalue weighted by molar-refractivity contribution is -0.191. The Morgan fingerprint density at radius 1 is 1.21 bits per heavy atom. The minimum Gasteiger partial charge on any atom is -0.348 e. The fraction of sp³-hybridized carbons (Fsp3) is 0.182. The van der Waals surface area contributed by atoms with E-state index in [1.807, 2.05) is 0 Å². The maximum absolute atomic E-state index is 8.12. The van der Waals surface area contributed by atoms with E-state index in [4.69, 9.17) is 9.59 Å². The number of benzene rings is 1. The first-order chi connectivity index (χ1) is 6.70. The Labute approximate surface area is 82.0 Å². The first kappa shape index (κ1) is 10.2. The number of aryl methyl sites for hydroxylation is 2. The average molecular weight is 189 g/mol. The molecule has 14 heavy (non-hydrogen) atoms. The summed E-state index contributed by atoms with van der Waals surface area (Å²) in [5.74, 6) is 0. The molecule has 72 valence electrons. The van der Waals surface area contributed by atoms with E-state index in [9.17, 15) is 0 Å². The van der Waals surface area contributed by atoms with E-state index in [-0.39, 0.29) is 6.15 Å². The molecular formula is C11H11NO2. The number of carbonyl (C=O) groups excluding carboxylic acids is 2. The molecule has 0 aliphatic heterocycles. The standard InChI is InChI=1S/C10H11N.CO2/c1-8-7-9-5-3-4-6-10(9)11(8)2;2-1-3/h3-7H,1-2H3;. The Hall–Kier alpha value is -1.86. The molecule has 0 aliphatic rings. The van der Waals surface area contributed by atoms with E-state index in [1.165, 1.54) is 16.6 Å². The van der Waals surface area contributed by atoms with E-state index in [0.717, 1.165) is 0 Å². The van der Waals surface area contributed by atoms with Crippen LogP contribution in [0.25, 0.3) is 10.9 Å². The molecule has 0 fully saturated rings. The van der Waals surface area contributed by atoms with Crippen molar-refractivity contribution in [2.75, 3.05) is 0 Å². The molecule has 0 atom stereocenters. The zero-order valence-corrected chi connectivity index (χ0v) is 8.15. The first-order valence-corrected chi connectivity index (χ1v) is 4.21. The van der Waals surface area contributed by atoms with Crippen LogP contribution in [0.3, 0.4) is 0 Å². The molecule has 1 aromatic carbocycles. The molecule has 0 aliphatic carbocycles. The zero-order chi connectivity index (χ0) is 10.6. The minimum atomic E-state index is 0.250. The molecule has 0 saturated carbocycles. The van der Waals surface area contributed by atoms with Crippen LogP contribution in [0.1, 0.15) is 5.69 Å². The lowest BCUT2D eigenvalue weighted by Crippen LogP contribution is -1.88. The van der Waals surface area contributed by atoms with Crippen molar-refractivity contribution in [3.8, 4) is 0 Å². The molecule has 2 aromatic rings. The largest absolute Gasteiger partial charge is 0.373 e. The summed E-state index contributed by atoms with van der Waals surface area (Å²) in [4.78, 5) is 16.2. The summed E-state index contributed by atoms with van der Waals surface area (Å²) in [6.45, 7) is 2.12. The van der Waals surface area contributed by atoms with Gasteiger partial charge in [-0.15, -0.1) is 0 Å². The van der Waals surface area contributed by atoms with Crippen molar-refractivity contribution in [1.82, 2.24) is 4.57 Å². The molecule has 1 heterocycles. The van der Waals surface area contributed by atoms with Crippen LogP contribution in [0.15, 0.2) is 30.3 Å². The van der Waals surface area contributed by atoms with Gasteiger partial charge >= 0.3 is 6.15 Å². The fourth-order valence-corrected chi connectivity index (χ4v) is 1.43. The van der Waals surface area contributed by atoms with E-state index in [0.29, 0.717) is 0 Å². The zero-order valence-electron chi connectivity index (χ0n) is 8.15. The number of rotatable bonds is 0. The SMILES string of the molecule is Cc1cc2ccccc2n1C.O=C=O. The van der Waals surface area contributed by atoms with Gasteiger partial charge in [-0.05, 0) is 24.4 Å². The van der Waals surface area contributed by atoms with Gasteiger partial charge in [0.1, 0.15) is 0 Å². The molecule has 3 nitrogen and oxygen atoms in total. The van der Waals surface area contributed by atoms with Gasteiger partial charge in [-0.2, -0.15) is 9.59 Å². The second kappa shape index (κ2) is 4.40. The van der Waals surface area contributed by atoms with Gasteiger partial charge in [0.25, 0.3) is 0 Å². The predicted molar refractivity (Wildman–Crippen MR) is 52.7 cm³/mol. The van der Waals surface area contributed by atoms with Gasteiger partial charge in [0, 0.05) is 18.3 Å². The molecule has 0 radical (unpaired) electrons. The van der Waals surface area contributed by atoms with Gasteiger partial charge in [0.05, 0.1) is 0 Å². The Morgan fingerprint density at radius 3 is 2.36 bits per heavy atom. The van der Waals surface area contributed by atoms with E-state index in [1.54, 1.807) is 0 Å². The lowest BCUT2D eigenvalue weighted by atomic mass is 10.2. The topological polar surface area (TPSA) is 39.1 Å². The van der Waals surface area contributed by atoms with Crippen molar-refractivity contribution < 1.29 is 9.59 Å². The Bertz CT molecular complexity index is 465. The second-order valence-electron chi connectivity index (χ2n) is 2.99. The van der Waals surface area contributed by atoms with Crippen molar-refractivity contribution in [1.29, 1.82) is 0 Å². The number of hydrogen-bond donors (Lipinski definition) is 0. The molecule has 0 bridgehead atoms. The van der Waals surface area contributed by atoms with Crippen molar-refractivity contribution >= 4 is 17.1 Å². The van der Waals surface area contributed by atoms with Crippen molar-refractivity contribution in [3.05, 3.63) is 36.0 Å². The smallest absolute Gasteiger partial charge is 0.348 e. The highest BCUT2D eigenvalue weighted by molar-refractivity contribution is 5.80. The van der Waals surface area contributed by atoms with Crippen molar-refractivity contribution in [2.24, 2.45) is 7.05 Å². The van der Waals surface area contributed by atoms with E-state index in [2.05, 4.69) is 48.9 Å². The Morgan fingerprint density at radius 2 is 1.79 bits per heavy atom. The third kappa shape index (κ3) is 1.90. The van der Waals surface area contributed by atoms with Gasteiger partial charge in [0.2, 0.25) is 0 Å². The highest BCUT2D eigenvalue weighted by atomic mass is 16.2. The number of hydrogen-bond acceptors (Lipinski definition) is 2. The van der Waals surface area contributed by atoms with Crippen LogP contribution in [-0.4, -0.2) is 10.7 Å². The normalized spacial score (nSPS) is 9.00. The summed E-state index contributed by atoms with van der Waals surface area (Å²) in [7, 11) is 2.09. The van der Waals surface area contributed by atoms with Crippen LogP contribution in [0.2, 0.25) is 0 Å². The minimum absolute atomic E-state index is 0.250. The summed E-state index contributed by atoms with van der Waals surface area (Å²) < 4.78 is 2.20. The van der Waals surface area contributed by atoms with Gasteiger partial charge < -0.3 is 4.57 Å². The molecule has 1 aromatic heterocycles. The third-order valence-electron chi connectivity index (χ3n) is 2.19. The maximum Gasteiger partial charge on any atom is 0.373 e. The van der Waals surface area contributed by atoms with Gasteiger partial charge in [-0.3, -0.25) is 0 Å². The monoisotopic (exact) mass is 189 g/mol. The Kier molecular flexibility index (Phi) is 3.21. The van der Waals surface area contributed by atoms with Crippen LogP contribution in [-0.2, 0) is 16.6 Å². The summed E-state index contributed by atoms with van der Waals surface area (Å²) in [6, 6.07) is 10.6. The van der Waals surface area contributed by atoms with E-state index < -0.39 is 0 Å². The van der Waals surface area contributed by atoms with Crippen molar-refractivity contribution in [2.45, 2.75) is 6.92 Å². The van der Waals surface area contributed by atoms with Gasteiger partial charge in [0.15, 0.2) is 0 Å². The Balaban J connectivity index is 0.000000293. The molecule has 0 spiro atoms. The van der Waals surface area contributed by atoms with Crippen LogP contribution in [0.5, 0.6) is 0 Å². The molecule has 3 heteroatoms. The van der Waals surface area contributed by atoms with E-state index >= 15 is 0 Å². The fourth-order valence-electron chi connectivity index (χ4n) is 1.43. The quantitative estimate of drug-likeness (QED) is 0.635. The summed E-state index contributed by atoms with van der Waals surface area (Å²) >= 11 is 0. The van der Waals surface area contributed by atoms with Crippen LogP contribution < -0.4 is 0 Å². The molecule has 2 rings (SSSR count). The highest BCUT2D eigenvalue weighted by Gasteiger charge is 1.98. The molecule has 0 N–H and O–H groups in total. The van der Waals surface area contributed by atoms with Gasteiger partial charge in [-0.1, -0.05) is 18.2 Å². The second-order valence-corrected chi connectivity index (χ2v) is 2.99. The number of para-hydroxylation sites is 1. The number of nitrogens with zero attached hydrogens (tertiary/aromatic N) is 1. The molecule has 0 unspecified atom stereocenters. The van der Waals surface area contributed by atoms with Crippen molar-refractivity contribution in [3.63, 3.8) is 0 Å². The predicted octanol–water partition coefficient (Wildman–Crippen LogP) is 1.90. The lowest BCUT2D eigenvalue weighted by Gasteiger charge is -1.96. The summed E-state index contributed by atoms with van der Waals surface area (Å²) in [5, 5.41) is 1.33. The van der Waals surface area contributed by atoms with Crippen LogP contribution >= 0.6 is 0 Å². The van der Waals surface area contributed by atoms with Crippen LogP contribution in [0, 0.1) is 6.92 Å².